The van der Waals surface area contributed by atoms with Crippen LogP contribution in [0.3, 0.4) is 0 Å². The third-order valence-electron chi connectivity index (χ3n) is 2.21. The SMILES string of the molecule is O=CNCCCNC(=O)NCc1cccc(Cl)c1. The molecule has 0 saturated heterocycles. The number of nitrogens with one attached hydrogen (secondary N) is 3. The second-order valence-electron chi connectivity index (χ2n) is 3.66. The smallest absolute Gasteiger partial charge is 0.315 e. The molecule has 0 aliphatic rings. The molecule has 3 N–H and O–H groups in total. The molecule has 0 heterocycles. The predicted octanol–water partition coefficient (Wildman–Crippen LogP) is 1.28. The molecule has 0 aliphatic carbocycles. The highest BCUT2D eigenvalue weighted by molar-refractivity contribution is 6.30. The lowest BCUT2D eigenvalue weighted by atomic mass is 10.2. The van der Waals surface area contributed by atoms with Crippen LogP contribution in [-0.2, 0) is 11.3 Å². The Bertz CT molecular complexity index is 399. The van der Waals surface area contributed by atoms with E-state index in [9.17, 15) is 9.59 Å². The molecule has 0 fully saturated rings. The number of halogens is 1. The van der Waals surface area contributed by atoms with Crippen LogP contribution in [0.5, 0.6) is 0 Å². The quantitative estimate of drug-likeness (QED) is 0.515. The summed E-state index contributed by atoms with van der Waals surface area (Å²) in [5.41, 5.74) is 0.945. The molecular formula is C12H16ClN3O2. The maximum absolute atomic E-state index is 11.4. The number of benzene rings is 1. The van der Waals surface area contributed by atoms with Gasteiger partial charge in [-0.1, -0.05) is 23.7 Å². The van der Waals surface area contributed by atoms with Crippen molar-refractivity contribution < 1.29 is 9.59 Å². The van der Waals surface area contributed by atoms with Crippen molar-refractivity contribution in [3.05, 3.63) is 34.9 Å². The van der Waals surface area contributed by atoms with Gasteiger partial charge in [-0.25, -0.2) is 4.79 Å². The first-order valence-electron chi connectivity index (χ1n) is 5.65. The average molecular weight is 270 g/mol. The van der Waals surface area contributed by atoms with Crippen molar-refractivity contribution >= 4 is 24.0 Å². The molecule has 0 radical (unpaired) electrons. The molecule has 0 bridgehead atoms. The molecule has 0 aliphatic heterocycles. The van der Waals surface area contributed by atoms with Crippen molar-refractivity contribution in [1.29, 1.82) is 0 Å². The first kappa shape index (κ1) is 14.3. The summed E-state index contributed by atoms with van der Waals surface area (Å²) in [6.07, 6.45) is 1.34. The summed E-state index contributed by atoms with van der Waals surface area (Å²) in [5, 5.41) is 8.57. The first-order valence-corrected chi connectivity index (χ1v) is 6.03. The number of carbonyl (C=O) groups is 2. The predicted molar refractivity (Wildman–Crippen MR) is 70.4 cm³/mol. The summed E-state index contributed by atoms with van der Waals surface area (Å²) in [6, 6.07) is 7.07. The number of hydrogen-bond donors (Lipinski definition) is 3. The minimum Gasteiger partial charge on any atom is -0.359 e. The van der Waals surface area contributed by atoms with E-state index in [4.69, 9.17) is 11.6 Å². The van der Waals surface area contributed by atoms with Crippen LogP contribution in [0.2, 0.25) is 5.02 Å². The highest BCUT2D eigenvalue weighted by atomic mass is 35.5. The van der Waals surface area contributed by atoms with E-state index in [0.717, 1.165) is 5.56 Å². The molecular weight excluding hydrogens is 254 g/mol. The second kappa shape index (κ2) is 8.36. The van der Waals surface area contributed by atoms with Gasteiger partial charge in [0.2, 0.25) is 6.41 Å². The topological polar surface area (TPSA) is 70.2 Å². The minimum atomic E-state index is -0.235. The van der Waals surface area contributed by atoms with Crippen molar-refractivity contribution in [1.82, 2.24) is 16.0 Å². The van der Waals surface area contributed by atoms with Crippen LogP contribution in [-0.4, -0.2) is 25.5 Å². The Balaban J connectivity index is 2.15. The summed E-state index contributed by atoms with van der Waals surface area (Å²) >= 11 is 5.83. The largest absolute Gasteiger partial charge is 0.359 e. The van der Waals surface area contributed by atoms with Gasteiger partial charge in [0.25, 0.3) is 0 Å². The van der Waals surface area contributed by atoms with Crippen molar-refractivity contribution in [3.8, 4) is 0 Å². The summed E-state index contributed by atoms with van der Waals surface area (Å²) in [6.45, 7) is 1.50. The fraction of sp³-hybridized carbons (Fsp3) is 0.333. The fourth-order valence-electron chi connectivity index (χ4n) is 1.34. The molecule has 5 nitrogen and oxygen atoms in total. The van der Waals surface area contributed by atoms with Crippen molar-refractivity contribution in [2.24, 2.45) is 0 Å². The molecule has 6 heteroatoms. The van der Waals surface area contributed by atoms with Gasteiger partial charge in [0.15, 0.2) is 0 Å². The van der Waals surface area contributed by atoms with Gasteiger partial charge in [-0.2, -0.15) is 0 Å². The van der Waals surface area contributed by atoms with E-state index in [1.165, 1.54) is 0 Å². The molecule has 0 atom stereocenters. The number of urea groups is 1. The van der Waals surface area contributed by atoms with Crippen LogP contribution in [0.1, 0.15) is 12.0 Å². The molecule has 1 aromatic carbocycles. The van der Waals surface area contributed by atoms with E-state index in [2.05, 4.69) is 16.0 Å². The Hall–Kier alpha value is -1.75. The number of carbonyl (C=O) groups excluding carboxylic acids is 2. The molecule has 1 aromatic rings. The molecule has 1 rings (SSSR count). The van der Waals surface area contributed by atoms with E-state index in [1.54, 1.807) is 12.1 Å². The lowest BCUT2D eigenvalue weighted by Gasteiger charge is -2.07. The Morgan fingerprint density at radius 3 is 2.83 bits per heavy atom. The zero-order valence-corrected chi connectivity index (χ0v) is 10.7. The zero-order valence-electron chi connectivity index (χ0n) is 9.91. The van der Waals surface area contributed by atoms with Gasteiger partial charge in [0.05, 0.1) is 0 Å². The van der Waals surface area contributed by atoms with E-state index in [-0.39, 0.29) is 6.03 Å². The molecule has 18 heavy (non-hydrogen) atoms. The molecule has 3 amide bonds. The minimum absolute atomic E-state index is 0.235. The maximum Gasteiger partial charge on any atom is 0.315 e. The number of rotatable bonds is 7. The van der Waals surface area contributed by atoms with E-state index >= 15 is 0 Å². The normalized spacial score (nSPS) is 9.61. The van der Waals surface area contributed by atoms with Crippen LogP contribution in [0.15, 0.2) is 24.3 Å². The van der Waals surface area contributed by atoms with Crippen molar-refractivity contribution in [2.75, 3.05) is 13.1 Å². The summed E-state index contributed by atoms with van der Waals surface area (Å²) in [4.78, 5) is 21.4. The molecule has 0 spiro atoms. The highest BCUT2D eigenvalue weighted by Crippen LogP contribution is 2.09. The third kappa shape index (κ3) is 6.10. The van der Waals surface area contributed by atoms with Crippen LogP contribution in [0.25, 0.3) is 0 Å². The fourth-order valence-corrected chi connectivity index (χ4v) is 1.56. The van der Waals surface area contributed by atoms with Crippen LogP contribution < -0.4 is 16.0 Å². The van der Waals surface area contributed by atoms with Gasteiger partial charge < -0.3 is 16.0 Å². The lowest BCUT2D eigenvalue weighted by molar-refractivity contribution is -0.109. The van der Waals surface area contributed by atoms with Crippen LogP contribution in [0, 0.1) is 0 Å². The van der Waals surface area contributed by atoms with E-state index in [0.29, 0.717) is 37.5 Å². The first-order chi connectivity index (χ1) is 8.72. The second-order valence-corrected chi connectivity index (χ2v) is 4.10. The summed E-state index contributed by atoms with van der Waals surface area (Å²) in [5.74, 6) is 0. The van der Waals surface area contributed by atoms with Crippen molar-refractivity contribution in [3.63, 3.8) is 0 Å². The van der Waals surface area contributed by atoms with Gasteiger partial charge in [-0.15, -0.1) is 0 Å². The van der Waals surface area contributed by atoms with Crippen LogP contribution >= 0.6 is 11.6 Å². The maximum atomic E-state index is 11.4. The molecule has 98 valence electrons. The Morgan fingerprint density at radius 1 is 1.28 bits per heavy atom. The Labute approximate surface area is 111 Å². The number of hydrogen-bond acceptors (Lipinski definition) is 2. The van der Waals surface area contributed by atoms with Gasteiger partial charge >= 0.3 is 6.03 Å². The summed E-state index contributed by atoms with van der Waals surface area (Å²) in [7, 11) is 0. The molecule has 0 unspecified atom stereocenters. The van der Waals surface area contributed by atoms with Crippen molar-refractivity contribution in [2.45, 2.75) is 13.0 Å². The molecule has 0 saturated carbocycles. The Morgan fingerprint density at radius 2 is 2.11 bits per heavy atom. The standard InChI is InChI=1S/C12H16ClN3O2/c13-11-4-1-3-10(7-11)8-16-12(18)15-6-2-5-14-9-17/h1,3-4,7,9H,2,5-6,8H2,(H,14,17)(H2,15,16,18). The average Bonchev–Trinajstić information content (AvgIpc) is 2.36. The number of amides is 3. The highest BCUT2D eigenvalue weighted by Gasteiger charge is 1.99. The Kier molecular flexibility index (Phi) is 6.64. The van der Waals surface area contributed by atoms with E-state index in [1.807, 2.05) is 12.1 Å². The van der Waals surface area contributed by atoms with Gasteiger partial charge in [0.1, 0.15) is 0 Å². The van der Waals surface area contributed by atoms with Gasteiger partial charge in [-0.3, -0.25) is 4.79 Å². The summed E-state index contributed by atoms with van der Waals surface area (Å²) < 4.78 is 0. The monoisotopic (exact) mass is 269 g/mol. The zero-order chi connectivity index (χ0) is 13.2. The van der Waals surface area contributed by atoms with Gasteiger partial charge in [0, 0.05) is 24.7 Å². The van der Waals surface area contributed by atoms with E-state index < -0.39 is 0 Å². The third-order valence-corrected chi connectivity index (χ3v) is 2.44. The lowest BCUT2D eigenvalue weighted by Crippen LogP contribution is -2.36. The molecule has 0 aromatic heterocycles. The van der Waals surface area contributed by atoms with Crippen LogP contribution in [0.4, 0.5) is 4.79 Å². The van der Waals surface area contributed by atoms with Gasteiger partial charge in [-0.05, 0) is 24.1 Å².